The van der Waals surface area contributed by atoms with Crippen molar-refractivity contribution in [2.24, 2.45) is 12.5 Å². The fraction of sp³-hybridized carbons (Fsp3) is 0.455. The SMILES string of the molecule is CCN(C)S(=O)(=O)Nc1ccc(F)c(Oc2ccc3ncn(C4CC5(CCN(C6CCN(c7cc8c(cc7F)c(N7CCC(=O)N(C)C7=O)nn8C)CC6)CC5)C4)c(=O)c3c2)c1C#N. The maximum atomic E-state index is 15.8. The fourth-order valence-corrected chi connectivity index (χ4v) is 10.8. The van der Waals surface area contributed by atoms with Crippen molar-refractivity contribution in [2.45, 2.75) is 64.0 Å². The van der Waals surface area contributed by atoms with Crippen LogP contribution in [0.25, 0.3) is 21.8 Å². The van der Waals surface area contributed by atoms with E-state index in [1.54, 1.807) is 35.6 Å². The van der Waals surface area contributed by atoms with Crippen LogP contribution in [0.3, 0.4) is 0 Å². The number of imide groups is 1. The van der Waals surface area contributed by atoms with Crippen LogP contribution < -0.4 is 24.8 Å². The van der Waals surface area contributed by atoms with Crippen LogP contribution in [0.15, 0.2) is 53.6 Å². The molecule has 17 nitrogen and oxygen atoms in total. The summed E-state index contributed by atoms with van der Waals surface area (Å²) in [5, 5.41) is 15.3. The van der Waals surface area contributed by atoms with Crippen LogP contribution in [-0.2, 0) is 22.1 Å². The molecule has 64 heavy (non-hydrogen) atoms. The Morgan fingerprint density at radius 1 is 0.953 bits per heavy atom. The molecule has 3 aromatic carbocycles. The molecule has 3 aliphatic heterocycles. The summed E-state index contributed by atoms with van der Waals surface area (Å²) in [6.45, 7) is 5.28. The van der Waals surface area contributed by atoms with E-state index in [4.69, 9.17) is 4.74 Å². The van der Waals surface area contributed by atoms with Crippen molar-refractivity contribution < 1.29 is 31.5 Å². The van der Waals surface area contributed by atoms with Gasteiger partial charge in [-0.3, -0.25) is 33.4 Å². The molecular formula is C44H49F2N11O6S. The number of benzene rings is 3. The third kappa shape index (κ3) is 7.58. The van der Waals surface area contributed by atoms with Gasteiger partial charge in [0.15, 0.2) is 17.4 Å². The van der Waals surface area contributed by atoms with Gasteiger partial charge in [-0.1, -0.05) is 6.92 Å². The molecular weight excluding hydrogens is 849 g/mol. The molecule has 0 unspecified atom stereocenters. The van der Waals surface area contributed by atoms with Gasteiger partial charge in [-0.15, -0.1) is 0 Å². The zero-order valence-electron chi connectivity index (χ0n) is 36.1. The third-order valence-corrected chi connectivity index (χ3v) is 15.4. The van der Waals surface area contributed by atoms with E-state index < -0.39 is 27.8 Å². The predicted octanol–water partition coefficient (Wildman–Crippen LogP) is 5.71. The average Bonchev–Trinajstić information content (AvgIpc) is 3.59. The zero-order chi connectivity index (χ0) is 45.2. The summed E-state index contributed by atoms with van der Waals surface area (Å²) in [7, 11) is 0.563. The number of nitrogens with one attached hydrogen (secondary N) is 1. The number of aryl methyl sites for hydroxylation is 1. The Hall–Kier alpha value is -6.17. The minimum absolute atomic E-state index is 0.0361. The van der Waals surface area contributed by atoms with Crippen molar-refractivity contribution in [2.75, 3.05) is 67.9 Å². The highest BCUT2D eigenvalue weighted by atomic mass is 32.2. The quantitative estimate of drug-likeness (QED) is 0.181. The van der Waals surface area contributed by atoms with Crippen molar-refractivity contribution in [3.8, 4) is 17.6 Å². The van der Waals surface area contributed by atoms with Crippen LogP contribution in [0.1, 0.15) is 63.5 Å². The number of nitriles is 1. The molecule has 0 radical (unpaired) electrons. The molecule has 4 fully saturated rings. The first kappa shape index (κ1) is 43.1. The van der Waals surface area contributed by atoms with Gasteiger partial charge in [0.2, 0.25) is 5.91 Å². The second kappa shape index (κ2) is 16.4. The number of carbonyl (C=O) groups excluding carboxylic acids is 2. The van der Waals surface area contributed by atoms with Crippen LogP contribution >= 0.6 is 0 Å². The number of likely N-dealkylation sites (tertiary alicyclic amines) is 1. The molecule has 1 saturated carbocycles. The van der Waals surface area contributed by atoms with Crippen molar-refractivity contribution in [1.29, 1.82) is 5.26 Å². The first-order chi connectivity index (χ1) is 30.6. The van der Waals surface area contributed by atoms with E-state index in [2.05, 4.69) is 24.6 Å². The van der Waals surface area contributed by atoms with E-state index in [0.717, 1.165) is 73.0 Å². The van der Waals surface area contributed by atoms with Crippen molar-refractivity contribution in [1.82, 2.24) is 33.4 Å². The standard InChI is InChI=1S/C44H49F2N11O6S/c1-5-51(2)64(61,62)50-36-9-7-33(45)40(32(36)25-47)63-29-6-8-35-30(20-29)42(59)57(26-48-35)28-23-44(24-28)13-18-54(19-14-44)27-10-15-55(16-11-27)38-22-37-31(21-34(38)46)41(49-53(37)4)56-17-12-39(58)52(3)43(56)60/h6-9,20-22,26-28,50H,5,10-19,23-24H2,1-4H3. The number of amides is 3. The number of urea groups is 1. The minimum Gasteiger partial charge on any atom is -0.453 e. The Balaban J connectivity index is 0.819. The highest BCUT2D eigenvalue weighted by Gasteiger charge is 2.48. The van der Waals surface area contributed by atoms with Crippen LogP contribution in [0.4, 0.5) is 30.8 Å². The smallest absolute Gasteiger partial charge is 0.332 e. The van der Waals surface area contributed by atoms with Gasteiger partial charge in [-0.25, -0.2) is 18.6 Å². The van der Waals surface area contributed by atoms with Gasteiger partial charge in [0, 0.05) is 71.2 Å². The first-order valence-electron chi connectivity index (χ1n) is 21.5. The average molecular weight is 898 g/mol. The number of ether oxygens (including phenoxy) is 1. The predicted molar refractivity (Wildman–Crippen MR) is 236 cm³/mol. The van der Waals surface area contributed by atoms with E-state index in [0.29, 0.717) is 47.1 Å². The highest BCUT2D eigenvalue weighted by molar-refractivity contribution is 7.90. The van der Waals surface area contributed by atoms with Crippen molar-refractivity contribution in [3.63, 3.8) is 0 Å². The van der Waals surface area contributed by atoms with Gasteiger partial charge in [0.25, 0.3) is 5.56 Å². The zero-order valence-corrected chi connectivity index (χ0v) is 36.9. The fourth-order valence-electron chi connectivity index (χ4n) is 9.82. The lowest BCUT2D eigenvalue weighted by molar-refractivity contribution is -0.127. The van der Waals surface area contributed by atoms with Crippen molar-refractivity contribution >= 4 is 61.1 Å². The highest BCUT2D eigenvalue weighted by Crippen LogP contribution is 2.55. The van der Waals surface area contributed by atoms with E-state index >= 15 is 8.78 Å². The molecule has 3 saturated heterocycles. The topological polar surface area (TPSA) is 182 Å². The molecule has 0 atom stereocenters. The van der Waals surface area contributed by atoms with Crippen LogP contribution in [0.5, 0.6) is 11.5 Å². The number of aromatic nitrogens is 4. The number of carbonyl (C=O) groups is 2. The normalized spacial score (nSPS) is 18.9. The number of hydrogen-bond acceptors (Lipinski definition) is 11. The Kier molecular flexibility index (Phi) is 11.1. The molecule has 20 heteroatoms. The Bertz CT molecular complexity index is 2910. The van der Waals surface area contributed by atoms with Crippen LogP contribution in [-0.4, -0.2) is 113 Å². The molecule has 1 aliphatic carbocycles. The molecule has 5 heterocycles. The van der Waals surface area contributed by atoms with Gasteiger partial charge in [0.1, 0.15) is 23.2 Å². The largest absolute Gasteiger partial charge is 0.453 e. The van der Waals surface area contributed by atoms with Gasteiger partial charge < -0.3 is 14.5 Å². The number of hydrogen-bond donors (Lipinski definition) is 1. The molecule has 2 aromatic heterocycles. The lowest BCUT2D eigenvalue weighted by Crippen LogP contribution is -2.53. The lowest BCUT2D eigenvalue weighted by Gasteiger charge is -2.54. The number of halogens is 2. The lowest BCUT2D eigenvalue weighted by atomic mass is 9.60. The molecule has 1 spiro atoms. The van der Waals surface area contributed by atoms with E-state index in [1.807, 2.05) is 12.1 Å². The molecule has 3 amide bonds. The summed E-state index contributed by atoms with van der Waals surface area (Å²) in [5.74, 6) is -1.56. The first-order valence-corrected chi connectivity index (χ1v) is 22.9. The molecule has 9 rings (SSSR count). The summed E-state index contributed by atoms with van der Waals surface area (Å²) < 4.78 is 68.8. The molecule has 336 valence electrons. The molecule has 5 aromatic rings. The monoisotopic (exact) mass is 897 g/mol. The second-order valence-corrected chi connectivity index (χ2v) is 19.2. The third-order valence-electron chi connectivity index (χ3n) is 13.8. The second-order valence-electron chi connectivity index (χ2n) is 17.4. The van der Waals surface area contributed by atoms with E-state index in [-0.39, 0.29) is 70.6 Å². The summed E-state index contributed by atoms with van der Waals surface area (Å²) in [4.78, 5) is 50.5. The Labute approximate surface area is 368 Å². The van der Waals surface area contributed by atoms with Gasteiger partial charge in [-0.2, -0.15) is 23.1 Å². The Morgan fingerprint density at radius 3 is 2.39 bits per heavy atom. The van der Waals surface area contributed by atoms with Crippen molar-refractivity contribution in [3.05, 3.63) is 76.3 Å². The summed E-state index contributed by atoms with van der Waals surface area (Å²) in [6.07, 6.45) is 7.22. The van der Waals surface area contributed by atoms with Crippen LogP contribution in [0.2, 0.25) is 0 Å². The summed E-state index contributed by atoms with van der Waals surface area (Å²) in [6, 6.07) is 11.7. The summed E-state index contributed by atoms with van der Waals surface area (Å²) in [5.41, 5.74) is 1.01. The summed E-state index contributed by atoms with van der Waals surface area (Å²) >= 11 is 0. The van der Waals surface area contributed by atoms with Gasteiger partial charge >= 0.3 is 16.2 Å². The molecule has 0 bridgehead atoms. The van der Waals surface area contributed by atoms with Crippen LogP contribution in [0, 0.1) is 28.4 Å². The number of rotatable bonds is 10. The van der Waals surface area contributed by atoms with Gasteiger partial charge in [0.05, 0.1) is 34.1 Å². The maximum absolute atomic E-state index is 15.8. The minimum atomic E-state index is -4.01. The Morgan fingerprint density at radius 2 is 1.69 bits per heavy atom. The maximum Gasteiger partial charge on any atom is 0.332 e. The van der Waals surface area contributed by atoms with E-state index in [9.17, 15) is 28.1 Å². The molecule has 1 N–H and O–H groups in total. The molecule has 4 aliphatic rings. The number of anilines is 3. The van der Waals surface area contributed by atoms with Gasteiger partial charge in [-0.05, 0) is 99.5 Å². The number of piperidine rings is 2. The van der Waals surface area contributed by atoms with E-state index in [1.165, 1.54) is 37.2 Å². The number of fused-ring (bicyclic) bond motifs is 2. The number of nitrogens with zero attached hydrogens (tertiary/aromatic N) is 10.